The van der Waals surface area contributed by atoms with Crippen molar-refractivity contribution in [1.29, 1.82) is 0 Å². The normalized spacial score (nSPS) is 14.5. The van der Waals surface area contributed by atoms with Crippen molar-refractivity contribution in [2.45, 2.75) is 19.4 Å². The topological polar surface area (TPSA) is 52.8 Å². The standard InChI is InChI=1S/C16H15ClN4O/c1-22-16-12(3-2-8-18-16)11-6-7-13-15(14(11)17)19-20-21(13)9-10-4-5-10/h2-3,6-8,10H,4-5,9H2,1H3. The van der Waals surface area contributed by atoms with E-state index in [0.717, 1.165) is 34.6 Å². The van der Waals surface area contributed by atoms with Gasteiger partial charge in [0.1, 0.15) is 5.52 Å². The Morgan fingerprint density at radius 2 is 2.14 bits per heavy atom. The SMILES string of the molecule is COc1ncccc1-c1ccc2c(nnn2CC2CC2)c1Cl. The lowest BCUT2D eigenvalue weighted by atomic mass is 10.1. The van der Waals surface area contributed by atoms with Gasteiger partial charge in [0.2, 0.25) is 5.88 Å². The maximum atomic E-state index is 6.57. The Morgan fingerprint density at radius 1 is 1.27 bits per heavy atom. The lowest BCUT2D eigenvalue weighted by Gasteiger charge is -2.09. The van der Waals surface area contributed by atoms with Crippen LogP contribution in [0.5, 0.6) is 5.88 Å². The molecule has 0 atom stereocenters. The molecule has 0 aliphatic heterocycles. The van der Waals surface area contributed by atoms with Crippen molar-refractivity contribution in [3.63, 3.8) is 0 Å². The molecule has 0 bridgehead atoms. The van der Waals surface area contributed by atoms with Crippen molar-refractivity contribution >= 4 is 22.6 Å². The third-order valence-corrected chi connectivity index (χ3v) is 4.39. The summed E-state index contributed by atoms with van der Waals surface area (Å²) in [5, 5.41) is 9.10. The highest BCUT2D eigenvalue weighted by Gasteiger charge is 2.24. The molecule has 0 radical (unpaired) electrons. The second-order valence-corrected chi connectivity index (χ2v) is 5.95. The van der Waals surface area contributed by atoms with Crippen molar-refractivity contribution in [3.8, 4) is 17.0 Å². The second-order valence-electron chi connectivity index (χ2n) is 5.57. The van der Waals surface area contributed by atoms with Gasteiger partial charge in [0.05, 0.1) is 17.6 Å². The number of methoxy groups -OCH3 is 1. The van der Waals surface area contributed by atoms with E-state index >= 15 is 0 Å². The molecule has 4 rings (SSSR count). The highest BCUT2D eigenvalue weighted by Crippen LogP contribution is 2.37. The molecule has 2 heterocycles. The summed E-state index contributed by atoms with van der Waals surface area (Å²) >= 11 is 6.57. The molecule has 2 aromatic heterocycles. The zero-order valence-corrected chi connectivity index (χ0v) is 12.9. The van der Waals surface area contributed by atoms with Crippen LogP contribution in [-0.4, -0.2) is 27.1 Å². The van der Waals surface area contributed by atoms with Crippen molar-refractivity contribution in [2.75, 3.05) is 7.11 Å². The highest BCUT2D eigenvalue weighted by atomic mass is 35.5. The van der Waals surface area contributed by atoms with Crippen LogP contribution in [0, 0.1) is 5.92 Å². The summed E-state index contributed by atoms with van der Waals surface area (Å²) in [6, 6.07) is 7.80. The number of rotatable bonds is 4. The van der Waals surface area contributed by atoms with Crippen molar-refractivity contribution < 1.29 is 4.74 Å². The lowest BCUT2D eigenvalue weighted by molar-refractivity contribution is 0.399. The first-order valence-electron chi connectivity index (χ1n) is 7.29. The molecular formula is C16H15ClN4O. The van der Waals surface area contributed by atoms with Crippen LogP contribution in [0.1, 0.15) is 12.8 Å². The molecule has 0 N–H and O–H groups in total. The van der Waals surface area contributed by atoms with Gasteiger partial charge in [-0.25, -0.2) is 9.67 Å². The van der Waals surface area contributed by atoms with Crippen LogP contribution in [0.15, 0.2) is 30.5 Å². The number of benzene rings is 1. The predicted molar refractivity (Wildman–Crippen MR) is 85.0 cm³/mol. The number of ether oxygens (including phenoxy) is 1. The maximum Gasteiger partial charge on any atom is 0.221 e. The molecule has 0 saturated heterocycles. The van der Waals surface area contributed by atoms with Crippen LogP contribution in [-0.2, 0) is 6.54 Å². The van der Waals surface area contributed by atoms with Crippen molar-refractivity contribution in [1.82, 2.24) is 20.0 Å². The summed E-state index contributed by atoms with van der Waals surface area (Å²) in [7, 11) is 1.60. The Morgan fingerprint density at radius 3 is 2.91 bits per heavy atom. The van der Waals surface area contributed by atoms with Crippen LogP contribution in [0.25, 0.3) is 22.2 Å². The smallest absolute Gasteiger partial charge is 0.221 e. The Labute approximate surface area is 132 Å². The van der Waals surface area contributed by atoms with Crippen LogP contribution in [0.3, 0.4) is 0 Å². The van der Waals surface area contributed by atoms with E-state index in [0.29, 0.717) is 10.9 Å². The molecule has 5 nitrogen and oxygen atoms in total. The van der Waals surface area contributed by atoms with E-state index in [4.69, 9.17) is 16.3 Å². The van der Waals surface area contributed by atoms with Gasteiger partial charge in [-0.05, 0) is 37.0 Å². The van der Waals surface area contributed by atoms with Crippen LogP contribution < -0.4 is 4.74 Å². The van der Waals surface area contributed by atoms with E-state index in [-0.39, 0.29) is 0 Å². The zero-order valence-electron chi connectivity index (χ0n) is 12.2. The monoisotopic (exact) mass is 314 g/mol. The summed E-state index contributed by atoms with van der Waals surface area (Å²) in [6.45, 7) is 0.919. The first-order chi connectivity index (χ1) is 10.8. The van der Waals surface area contributed by atoms with Gasteiger partial charge in [-0.1, -0.05) is 22.9 Å². The average molecular weight is 315 g/mol. The molecule has 6 heteroatoms. The van der Waals surface area contributed by atoms with E-state index in [2.05, 4.69) is 15.3 Å². The first-order valence-corrected chi connectivity index (χ1v) is 7.67. The molecule has 1 saturated carbocycles. The Bertz CT molecular complexity index is 841. The Hall–Kier alpha value is -2.14. The largest absolute Gasteiger partial charge is 0.481 e. The zero-order chi connectivity index (χ0) is 15.1. The summed E-state index contributed by atoms with van der Waals surface area (Å²) in [4.78, 5) is 4.23. The molecular weight excluding hydrogens is 300 g/mol. The van der Waals surface area contributed by atoms with E-state index in [1.54, 1.807) is 13.3 Å². The molecule has 3 aromatic rings. The van der Waals surface area contributed by atoms with Crippen LogP contribution in [0.4, 0.5) is 0 Å². The molecule has 1 aliphatic carbocycles. The number of aromatic nitrogens is 4. The fourth-order valence-corrected chi connectivity index (χ4v) is 2.95. The van der Waals surface area contributed by atoms with Gasteiger partial charge in [0, 0.05) is 23.9 Å². The van der Waals surface area contributed by atoms with Crippen LogP contribution in [0.2, 0.25) is 5.02 Å². The first kappa shape index (κ1) is 13.5. The minimum absolute atomic E-state index is 0.550. The summed E-state index contributed by atoms with van der Waals surface area (Å²) in [6.07, 6.45) is 4.25. The molecule has 1 fully saturated rings. The molecule has 0 spiro atoms. The lowest BCUT2D eigenvalue weighted by Crippen LogP contribution is -2.01. The van der Waals surface area contributed by atoms with Crippen molar-refractivity contribution in [3.05, 3.63) is 35.5 Å². The number of fused-ring (bicyclic) bond motifs is 1. The molecule has 1 aliphatic rings. The summed E-state index contributed by atoms with van der Waals surface area (Å²) in [5.41, 5.74) is 3.42. The molecule has 1 aromatic carbocycles. The van der Waals surface area contributed by atoms with E-state index < -0.39 is 0 Å². The Balaban J connectivity index is 1.84. The number of pyridine rings is 1. The average Bonchev–Trinajstić information content (AvgIpc) is 3.27. The molecule has 0 amide bonds. The molecule has 112 valence electrons. The van der Waals surface area contributed by atoms with Crippen LogP contribution >= 0.6 is 11.6 Å². The van der Waals surface area contributed by atoms with Gasteiger partial charge >= 0.3 is 0 Å². The highest BCUT2D eigenvalue weighted by molar-refractivity contribution is 6.37. The van der Waals surface area contributed by atoms with E-state index in [9.17, 15) is 0 Å². The number of hydrogen-bond donors (Lipinski definition) is 0. The summed E-state index contributed by atoms with van der Waals surface area (Å²) in [5.74, 6) is 1.29. The number of hydrogen-bond acceptors (Lipinski definition) is 4. The second kappa shape index (κ2) is 5.25. The maximum absolute atomic E-state index is 6.57. The fraction of sp³-hybridized carbons (Fsp3) is 0.312. The predicted octanol–water partition coefficient (Wildman–Crippen LogP) is 3.57. The Kier molecular flexibility index (Phi) is 3.22. The minimum atomic E-state index is 0.550. The van der Waals surface area contributed by atoms with E-state index in [1.165, 1.54) is 12.8 Å². The fourth-order valence-electron chi connectivity index (χ4n) is 2.65. The van der Waals surface area contributed by atoms with Gasteiger partial charge in [-0.2, -0.15) is 0 Å². The minimum Gasteiger partial charge on any atom is -0.481 e. The third kappa shape index (κ3) is 2.22. The van der Waals surface area contributed by atoms with Crippen molar-refractivity contribution in [2.24, 2.45) is 5.92 Å². The van der Waals surface area contributed by atoms with Gasteiger partial charge in [-0.3, -0.25) is 0 Å². The van der Waals surface area contributed by atoms with Gasteiger partial charge in [0.15, 0.2) is 0 Å². The van der Waals surface area contributed by atoms with Gasteiger partial charge in [0.25, 0.3) is 0 Å². The van der Waals surface area contributed by atoms with E-state index in [1.807, 2.05) is 28.9 Å². The third-order valence-electron chi connectivity index (χ3n) is 4.01. The van der Waals surface area contributed by atoms with Gasteiger partial charge < -0.3 is 4.74 Å². The van der Waals surface area contributed by atoms with Gasteiger partial charge in [-0.15, -0.1) is 5.10 Å². The number of nitrogens with zero attached hydrogens (tertiary/aromatic N) is 4. The quantitative estimate of drug-likeness (QED) is 0.739. The summed E-state index contributed by atoms with van der Waals surface area (Å²) < 4.78 is 7.27. The molecule has 0 unspecified atom stereocenters. The molecule has 22 heavy (non-hydrogen) atoms. The number of halogens is 1.